The van der Waals surface area contributed by atoms with E-state index in [2.05, 4.69) is 0 Å². The maximum absolute atomic E-state index is 10.7. The van der Waals surface area contributed by atoms with E-state index in [1.807, 2.05) is 22.6 Å². The number of rotatable bonds is 4. The lowest BCUT2D eigenvalue weighted by Crippen LogP contribution is -2.12. The molecule has 88 valence electrons. The topological polar surface area (TPSA) is 76.0 Å². The summed E-state index contributed by atoms with van der Waals surface area (Å²) in [7, 11) is 2.89. The zero-order valence-corrected chi connectivity index (χ0v) is 10.9. The molecule has 5 nitrogen and oxygen atoms in total. The van der Waals surface area contributed by atoms with Gasteiger partial charge in [-0.15, -0.1) is 0 Å². The predicted molar refractivity (Wildman–Crippen MR) is 64.9 cm³/mol. The lowest BCUT2D eigenvalue weighted by molar-refractivity contribution is -0.147. The van der Waals surface area contributed by atoms with Crippen molar-refractivity contribution in [2.45, 2.75) is 6.10 Å². The molecule has 0 aliphatic heterocycles. The summed E-state index contributed by atoms with van der Waals surface area (Å²) in [6.07, 6.45) is -1.63. The number of aliphatic hydroxyl groups excluding tert-OH is 1. The molecule has 0 spiro atoms. The van der Waals surface area contributed by atoms with Gasteiger partial charge in [0.05, 0.1) is 17.8 Å². The van der Waals surface area contributed by atoms with Gasteiger partial charge in [-0.05, 0) is 34.7 Å². The van der Waals surface area contributed by atoms with Crippen LogP contribution in [-0.2, 0) is 4.79 Å². The van der Waals surface area contributed by atoms with Crippen LogP contribution in [0.15, 0.2) is 12.1 Å². The molecule has 0 amide bonds. The van der Waals surface area contributed by atoms with Crippen molar-refractivity contribution < 1.29 is 24.5 Å². The van der Waals surface area contributed by atoms with Gasteiger partial charge in [0.2, 0.25) is 0 Å². The largest absolute Gasteiger partial charge is 0.497 e. The summed E-state index contributed by atoms with van der Waals surface area (Å²) < 4.78 is 10.7. The van der Waals surface area contributed by atoms with Crippen molar-refractivity contribution in [2.24, 2.45) is 0 Å². The summed E-state index contributed by atoms with van der Waals surface area (Å²) in [5.74, 6) is -0.515. The molecular formula is C10H11IO5. The number of hydrogen-bond acceptors (Lipinski definition) is 4. The van der Waals surface area contributed by atoms with E-state index >= 15 is 0 Å². The Balaban J connectivity index is 3.33. The van der Waals surface area contributed by atoms with Crippen LogP contribution in [0.2, 0.25) is 0 Å². The number of carboxylic acid groups (broad SMARTS) is 1. The third-order valence-electron chi connectivity index (χ3n) is 2.01. The van der Waals surface area contributed by atoms with E-state index in [9.17, 15) is 9.90 Å². The molecule has 6 heteroatoms. The second-order valence-corrected chi connectivity index (χ2v) is 4.13. The Kier molecular flexibility index (Phi) is 4.36. The van der Waals surface area contributed by atoms with Gasteiger partial charge in [-0.25, -0.2) is 4.79 Å². The van der Waals surface area contributed by atoms with Crippen molar-refractivity contribution >= 4 is 28.6 Å². The van der Waals surface area contributed by atoms with Gasteiger partial charge in [0, 0.05) is 5.56 Å². The average molecular weight is 338 g/mol. The van der Waals surface area contributed by atoms with Crippen molar-refractivity contribution in [3.63, 3.8) is 0 Å². The van der Waals surface area contributed by atoms with Gasteiger partial charge < -0.3 is 19.7 Å². The van der Waals surface area contributed by atoms with Crippen LogP contribution >= 0.6 is 22.6 Å². The molecule has 0 aromatic heterocycles. The van der Waals surface area contributed by atoms with Crippen LogP contribution in [0.25, 0.3) is 0 Å². The smallest absolute Gasteiger partial charge is 0.337 e. The van der Waals surface area contributed by atoms with Crippen molar-refractivity contribution in [1.29, 1.82) is 0 Å². The van der Waals surface area contributed by atoms with E-state index in [0.717, 1.165) is 0 Å². The molecule has 1 aromatic carbocycles. The quantitative estimate of drug-likeness (QED) is 0.813. The third-order valence-corrected chi connectivity index (χ3v) is 2.82. The molecule has 0 saturated heterocycles. The number of halogens is 1. The van der Waals surface area contributed by atoms with Gasteiger partial charge in [-0.1, -0.05) is 0 Å². The lowest BCUT2D eigenvalue weighted by Gasteiger charge is -2.14. The van der Waals surface area contributed by atoms with Crippen LogP contribution in [0.5, 0.6) is 11.5 Å². The summed E-state index contributed by atoms with van der Waals surface area (Å²) >= 11 is 1.98. The van der Waals surface area contributed by atoms with E-state index in [-0.39, 0.29) is 5.56 Å². The minimum absolute atomic E-state index is 0.179. The highest BCUT2D eigenvalue weighted by Crippen LogP contribution is 2.34. The molecule has 1 unspecified atom stereocenters. The fourth-order valence-electron chi connectivity index (χ4n) is 1.26. The normalized spacial score (nSPS) is 12.0. The van der Waals surface area contributed by atoms with E-state index in [4.69, 9.17) is 14.6 Å². The molecule has 0 aliphatic carbocycles. The van der Waals surface area contributed by atoms with Gasteiger partial charge >= 0.3 is 5.97 Å². The number of hydrogen-bond donors (Lipinski definition) is 2. The van der Waals surface area contributed by atoms with Gasteiger partial charge in [0.25, 0.3) is 0 Å². The van der Waals surface area contributed by atoms with Crippen molar-refractivity contribution in [1.82, 2.24) is 0 Å². The number of ether oxygens (including phenoxy) is 2. The Bertz CT molecular complexity index is 404. The predicted octanol–water partition coefficient (Wildman–Crippen LogP) is 1.43. The van der Waals surface area contributed by atoms with Crippen molar-refractivity contribution in [2.75, 3.05) is 14.2 Å². The standard InChI is InChI=1S/C10H11IO5/c1-15-5-3-6(8(12)10(13)14)9(16-2)7(11)4-5/h3-4,8,12H,1-2H3,(H,13,14). The van der Waals surface area contributed by atoms with Crippen LogP contribution < -0.4 is 9.47 Å². The molecule has 0 radical (unpaired) electrons. The highest BCUT2D eigenvalue weighted by Gasteiger charge is 2.23. The molecule has 1 aromatic rings. The van der Waals surface area contributed by atoms with Crippen LogP contribution in [0, 0.1) is 3.57 Å². The van der Waals surface area contributed by atoms with Gasteiger partial charge in [0.15, 0.2) is 6.10 Å². The monoisotopic (exact) mass is 338 g/mol. The molecule has 0 fully saturated rings. The fourth-order valence-corrected chi connectivity index (χ4v) is 2.10. The third kappa shape index (κ3) is 2.56. The maximum atomic E-state index is 10.7. The second-order valence-electron chi connectivity index (χ2n) is 2.97. The number of benzene rings is 1. The summed E-state index contributed by atoms with van der Waals surface area (Å²) in [6.45, 7) is 0. The van der Waals surface area contributed by atoms with Crippen molar-refractivity contribution in [3.05, 3.63) is 21.3 Å². The molecule has 1 rings (SSSR count). The van der Waals surface area contributed by atoms with Gasteiger partial charge in [-0.2, -0.15) is 0 Å². The Labute approximate surface area is 106 Å². The first-order valence-electron chi connectivity index (χ1n) is 4.33. The van der Waals surface area contributed by atoms with E-state index < -0.39 is 12.1 Å². The lowest BCUT2D eigenvalue weighted by atomic mass is 10.1. The molecule has 1 atom stereocenters. The maximum Gasteiger partial charge on any atom is 0.337 e. The molecule has 0 aliphatic rings. The summed E-state index contributed by atoms with van der Waals surface area (Å²) in [5.41, 5.74) is 0.179. The summed E-state index contributed by atoms with van der Waals surface area (Å²) in [4.78, 5) is 10.7. The first-order chi connectivity index (χ1) is 7.51. The number of aliphatic carboxylic acids is 1. The SMILES string of the molecule is COc1cc(I)c(OC)c(C(O)C(=O)O)c1. The van der Waals surface area contributed by atoms with Crippen LogP contribution in [0.4, 0.5) is 0 Å². The minimum Gasteiger partial charge on any atom is -0.497 e. The Morgan fingerprint density at radius 2 is 2.00 bits per heavy atom. The van der Waals surface area contributed by atoms with E-state index in [1.54, 1.807) is 6.07 Å². The fraction of sp³-hybridized carbons (Fsp3) is 0.300. The van der Waals surface area contributed by atoms with E-state index in [0.29, 0.717) is 15.1 Å². The summed E-state index contributed by atoms with van der Waals surface area (Å²) in [5, 5.41) is 18.3. The molecular weight excluding hydrogens is 327 g/mol. The minimum atomic E-state index is -1.63. The zero-order chi connectivity index (χ0) is 12.3. The molecule has 0 heterocycles. The molecule has 2 N–H and O–H groups in total. The first kappa shape index (κ1) is 13.0. The number of aliphatic hydroxyl groups is 1. The average Bonchev–Trinajstić information content (AvgIpc) is 2.26. The zero-order valence-electron chi connectivity index (χ0n) is 8.73. The molecule has 16 heavy (non-hydrogen) atoms. The summed E-state index contributed by atoms with van der Waals surface area (Å²) in [6, 6.07) is 3.14. The van der Waals surface area contributed by atoms with Gasteiger partial charge in [0.1, 0.15) is 11.5 Å². The Hall–Kier alpha value is -1.02. The number of carboxylic acids is 1. The number of carbonyl (C=O) groups is 1. The van der Waals surface area contributed by atoms with E-state index in [1.165, 1.54) is 20.3 Å². The van der Waals surface area contributed by atoms with Crippen LogP contribution in [0.3, 0.4) is 0 Å². The van der Waals surface area contributed by atoms with Crippen molar-refractivity contribution in [3.8, 4) is 11.5 Å². The first-order valence-corrected chi connectivity index (χ1v) is 5.41. The van der Waals surface area contributed by atoms with Crippen LogP contribution in [-0.4, -0.2) is 30.4 Å². The second kappa shape index (κ2) is 5.35. The Morgan fingerprint density at radius 1 is 1.38 bits per heavy atom. The van der Waals surface area contributed by atoms with Crippen LogP contribution in [0.1, 0.15) is 11.7 Å². The van der Waals surface area contributed by atoms with Gasteiger partial charge in [-0.3, -0.25) is 0 Å². The molecule has 0 bridgehead atoms. The Morgan fingerprint density at radius 3 is 2.44 bits per heavy atom. The highest BCUT2D eigenvalue weighted by molar-refractivity contribution is 14.1. The number of methoxy groups -OCH3 is 2. The molecule has 0 saturated carbocycles. The highest BCUT2D eigenvalue weighted by atomic mass is 127.